The van der Waals surface area contributed by atoms with Crippen LogP contribution in [-0.4, -0.2) is 7.11 Å². The Hall–Kier alpha value is -1.02. The van der Waals surface area contributed by atoms with E-state index in [0.717, 1.165) is 12.2 Å². The van der Waals surface area contributed by atoms with Crippen molar-refractivity contribution in [1.29, 1.82) is 0 Å². The first-order chi connectivity index (χ1) is 7.67. The Kier molecular flexibility index (Phi) is 5.33. The number of hydrogen-bond acceptors (Lipinski definition) is 2. The summed E-state index contributed by atoms with van der Waals surface area (Å²) in [6.07, 6.45) is 3.52. The molecular formula is C14H23NO. The molecule has 16 heavy (non-hydrogen) atoms. The second kappa shape index (κ2) is 6.54. The van der Waals surface area contributed by atoms with Gasteiger partial charge in [0.15, 0.2) is 0 Å². The molecule has 1 rings (SSSR count). The van der Waals surface area contributed by atoms with Crippen molar-refractivity contribution in [2.45, 2.75) is 39.2 Å². The second-order valence-corrected chi connectivity index (χ2v) is 4.51. The van der Waals surface area contributed by atoms with Crippen LogP contribution in [0.2, 0.25) is 0 Å². The van der Waals surface area contributed by atoms with Crippen LogP contribution in [0, 0.1) is 5.92 Å². The van der Waals surface area contributed by atoms with Gasteiger partial charge in [-0.25, -0.2) is 0 Å². The SMILES string of the molecule is CCCC(C)CC(N)c1cccc(OC)c1. The molecule has 1 aromatic carbocycles. The molecule has 2 heteroatoms. The topological polar surface area (TPSA) is 35.2 Å². The maximum atomic E-state index is 6.19. The van der Waals surface area contributed by atoms with Gasteiger partial charge in [-0.2, -0.15) is 0 Å². The third-order valence-corrected chi connectivity index (χ3v) is 2.96. The molecule has 0 radical (unpaired) electrons. The van der Waals surface area contributed by atoms with E-state index in [1.54, 1.807) is 7.11 Å². The van der Waals surface area contributed by atoms with Crippen LogP contribution in [0.3, 0.4) is 0 Å². The summed E-state index contributed by atoms with van der Waals surface area (Å²) < 4.78 is 5.20. The molecule has 0 fully saturated rings. The zero-order valence-corrected chi connectivity index (χ0v) is 10.6. The Balaban J connectivity index is 2.61. The minimum absolute atomic E-state index is 0.122. The molecule has 0 aliphatic carbocycles. The molecule has 0 saturated heterocycles. The molecule has 0 aliphatic rings. The van der Waals surface area contributed by atoms with Gasteiger partial charge in [0.2, 0.25) is 0 Å². The fourth-order valence-corrected chi connectivity index (χ4v) is 2.05. The molecule has 0 aromatic heterocycles. The minimum Gasteiger partial charge on any atom is -0.497 e. The second-order valence-electron chi connectivity index (χ2n) is 4.51. The molecule has 0 amide bonds. The van der Waals surface area contributed by atoms with Crippen molar-refractivity contribution in [3.05, 3.63) is 29.8 Å². The van der Waals surface area contributed by atoms with Crippen LogP contribution in [0.25, 0.3) is 0 Å². The van der Waals surface area contributed by atoms with E-state index in [2.05, 4.69) is 19.9 Å². The average Bonchev–Trinajstić information content (AvgIpc) is 2.29. The van der Waals surface area contributed by atoms with Gasteiger partial charge in [0.05, 0.1) is 7.11 Å². The zero-order chi connectivity index (χ0) is 12.0. The molecule has 0 spiro atoms. The summed E-state index contributed by atoms with van der Waals surface area (Å²) in [5, 5.41) is 0. The first kappa shape index (κ1) is 13.0. The van der Waals surface area contributed by atoms with Gasteiger partial charge in [-0.3, -0.25) is 0 Å². The lowest BCUT2D eigenvalue weighted by Gasteiger charge is -2.17. The van der Waals surface area contributed by atoms with E-state index in [9.17, 15) is 0 Å². The summed E-state index contributed by atoms with van der Waals surface area (Å²) in [4.78, 5) is 0. The summed E-state index contributed by atoms with van der Waals surface area (Å²) in [6, 6.07) is 8.18. The molecule has 2 nitrogen and oxygen atoms in total. The van der Waals surface area contributed by atoms with E-state index >= 15 is 0 Å². The Bertz CT molecular complexity index is 311. The quantitative estimate of drug-likeness (QED) is 0.797. The number of benzene rings is 1. The van der Waals surface area contributed by atoms with Crippen molar-refractivity contribution in [2.75, 3.05) is 7.11 Å². The molecule has 1 aromatic rings. The predicted molar refractivity (Wildman–Crippen MR) is 68.6 cm³/mol. The lowest BCUT2D eigenvalue weighted by molar-refractivity contribution is 0.411. The molecule has 2 atom stereocenters. The largest absolute Gasteiger partial charge is 0.497 e. The van der Waals surface area contributed by atoms with E-state index in [1.165, 1.54) is 18.4 Å². The normalized spacial score (nSPS) is 14.5. The Morgan fingerprint density at radius 1 is 1.38 bits per heavy atom. The highest BCUT2D eigenvalue weighted by molar-refractivity contribution is 5.30. The van der Waals surface area contributed by atoms with Crippen LogP contribution in [0.5, 0.6) is 5.75 Å². The summed E-state index contributed by atoms with van der Waals surface area (Å²) in [7, 11) is 1.68. The van der Waals surface area contributed by atoms with Crippen LogP contribution in [-0.2, 0) is 0 Å². The molecule has 2 unspecified atom stereocenters. The van der Waals surface area contributed by atoms with E-state index in [4.69, 9.17) is 10.5 Å². The highest BCUT2D eigenvalue weighted by atomic mass is 16.5. The molecule has 0 saturated carbocycles. The maximum absolute atomic E-state index is 6.19. The molecule has 90 valence electrons. The molecule has 0 bridgehead atoms. The van der Waals surface area contributed by atoms with Gasteiger partial charge >= 0.3 is 0 Å². The lowest BCUT2D eigenvalue weighted by atomic mass is 9.93. The van der Waals surface area contributed by atoms with Gasteiger partial charge in [-0.15, -0.1) is 0 Å². The van der Waals surface area contributed by atoms with E-state index in [-0.39, 0.29) is 6.04 Å². The molecule has 2 N–H and O–H groups in total. The van der Waals surface area contributed by atoms with Crippen molar-refractivity contribution in [1.82, 2.24) is 0 Å². The monoisotopic (exact) mass is 221 g/mol. The van der Waals surface area contributed by atoms with Gasteiger partial charge in [-0.05, 0) is 30.0 Å². The number of hydrogen-bond donors (Lipinski definition) is 1. The van der Waals surface area contributed by atoms with Crippen LogP contribution in [0.15, 0.2) is 24.3 Å². The van der Waals surface area contributed by atoms with Gasteiger partial charge < -0.3 is 10.5 Å². The van der Waals surface area contributed by atoms with E-state index in [1.807, 2.05) is 18.2 Å². The highest BCUT2D eigenvalue weighted by Gasteiger charge is 2.11. The van der Waals surface area contributed by atoms with Crippen LogP contribution in [0.4, 0.5) is 0 Å². The molecule has 0 aliphatic heterocycles. The van der Waals surface area contributed by atoms with Crippen LogP contribution >= 0.6 is 0 Å². The summed E-state index contributed by atoms with van der Waals surface area (Å²) >= 11 is 0. The van der Waals surface area contributed by atoms with Crippen molar-refractivity contribution < 1.29 is 4.74 Å². The maximum Gasteiger partial charge on any atom is 0.119 e. The predicted octanol–water partition coefficient (Wildman–Crippen LogP) is 3.52. The molecule has 0 heterocycles. The number of methoxy groups -OCH3 is 1. The Morgan fingerprint density at radius 2 is 2.12 bits per heavy atom. The van der Waals surface area contributed by atoms with E-state index < -0.39 is 0 Å². The van der Waals surface area contributed by atoms with Gasteiger partial charge in [0.25, 0.3) is 0 Å². The van der Waals surface area contributed by atoms with Crippen molar-refractivity contribution >= 4 is 0 Å². The van der Waals surface area contributed by atoms with Crippen LogP contribution < -0.4 is 10.5 Å². The Labute approximate surface area is 98.8 Å². The first-order valence-corrected chi connectivity index (χ1v) is 6.06. The summed E-state index contributed by atoms with van der Waals surface area (Å²) in [5.41, 5.74) is 7.36. The Morgan fingerprint density at radius 3 is 2.75 bits per heavy atom. The van der Waals surface area contributed by atoms with Gasteiger partial charge in [0.1, 0.15) is 5.75 Å². The number of ether oxygens (including phenoxy) is 1. The van der Waals surface area contributed by atoms with Gasteiger partial charge in [0, 0.05) is 6.04 Å². The average molecular weight is 221 g/mol. The van der Waals surface area contributed by atoms with Crippen molar-refractivity contribution in [3.63, 3.8) is 0 Å². The summed E-state index contributed by atoms with van der Waals surface area (Å²) in [5.74, 6) is 1.57. The van der Waals surface area contributed by atoms with Crippen molar-refractivity contribution in [3.8, 4) is 5.75 Å². The van der Waals surface area contributed by atoms with Crippen LogP contribution in [0.1, 0.15) is 44.7 Å². The smallest absolute Gasteiger partial charge is 0.119 e. The van der Waals surface area contributed by atoms with Crippen molar-refractivity contribution in [2.24, 2.45) is 11.7 Å². The number of rotatable bonds is 6. The third-order valence-electron chi connectivity index (χ3n) is 2.96. The molecular weight excluding hydrogens is 198 g/mol. The number of nitrogens with two attached hydrogens (primary N) is 1. The zero-order valence-electron chi connectivity index (χ0n) is 10.6. The highest BCUT2D eigenvalue weighted by Crippen LogP contribution is 2.24. The lowest BCUT2D eigenvalue weighted by Crippen LogP contribution is -2.14. The third kappa shape index (κ3) is 3.86. The summed E-state index contributed by atoms with van der Waals surface area (Å²) in [6.45, 7) is 4.48. The van der Waals surface area contributed by atoms with E-state index in [0.29, 0.717) is 5.92 Å². The fourth-order valence-electron chi connectivity index (χ4n) is 2.05. The minimum atomic E-state index is 0.122. The van der Waals surface area contributed by atoms with Gasteiger partial charge in [-0.1, -0.05) is 38.8 Å². The first-order valence-electron chi connectivity index (χ1n) is 6.06. The standard InChI is InChI=1S/C14H23NO/c1-4-6-11(2)9-14(15)12-7-5-8-13(10-12)16-3/h5,7-8,10-11,14H,4,6,9,15H2,1-3H3. The fraction of sp³-hybridized carbons (Fsp3) is 0.571.